The van der Waals surface area contributed by atoms with Crippen molar-refractivity contribution < 1.29 is 24.2 Å². The quantitative estimate of drug-likeness (QED) is 0.550. The molecule has 1 rings (SSSR count). The van der Waals surface area contributed by atoms with Crippen LogP contribution in [0.15, 0.2) is 0 Å². The molecule has 0 unspecified atom stereocenters. The van der Waals surface area contributed by atoms with E-state index < -0.39 is 17.4 Å². The molecule has 0 saturated heterocycles. The first-order valence-electron chi connectivity index (χ1n) is 5.56. The minimum atomic E-state index is -1.17. The summed E-state index contributed by atoms with van der Waals surface area (Å²) >= 11 is 0. The number of esters is 2. The van der Waals surface area contributed by atoms with Gasteiger partial charge < -0.3 is 14.6 Å². The van der Waals surface area contributed by atoms with Gasteiger partial charge in [-0.25, -0.2) is 0 Å². The lowest BCUT2D eigenvalue weighted by Crippen LogP contribution is -2.52. The van der Waals surface area contributed by atoms with Crippen LogP contribution in [0, 0.1) is 11.3 Å². The molecule has 0 aromatic heterocycles. The van der Waals surface area contributed by atoms with Crippen LogP contribution >= 0.6 is 0 Å². The van der Waals surface area contributed by atoms with Gasteiger partial charge in [-0.2, -0.15) is 0 Å². The third-order valence-electron chi connectivity index (χ3n) is 2.86. The van der Waals surface area contributed by atoms with Crippen LogP contribution in [0.25, 0.3) is 0 Å². The zero-order valence-electron chi connectivity index (χ0n) is 9.69. The van der Waals surface area contributed by atoms with E-state index in [0.29, 0.717) is 12.8 Å². The van der Waals surface area contributed by atoms with Crippen molar-refractivity contribution in [2.24, 2.45) is 11.3 Å². The van der Waals surface area contributed by atoms with Gasteiger partial charge in [0, 0.05) is 6.61 Å². The highest BCUT2D eigenvalue weighted by Gasteiger charge is 2.58. The number of hydrogen-bond acceptors (Lipinski definition) is 5. The first-order chi connectivity index (χ1) is 7.60. The minimum absolute atomic E-state index is 0.00573. The SMILES string of the molecule is CCOC(=O)C1(C(=O)OCC)CC(CO)C1. The number of aliphatic hydroxyl groups excluding tert-OH is 1. The van der Waals surface area contributed by atoms with Crippen LogP contribution < -0.4 is 0 Å². The highest BCUT2D eigenvalue weighted by atomic mass is 16.6. The van der Waals surface area contributed by atoms with Crippen molar-refractivity contribution in [2.75, 3.05) is 19.8 Å². The number of ether oxygens (including phenoxy) is 2. The average Bonchev–Trinajstić information content (AvgIpc) is 2.17. The fourth-order valence-electron chi connectivity index (χ4n) is 2.01. The Labute approximate surface area is 94.7 Å². The second-order valence-electron chi connectivity index (χ2n) is 3.98. The zero-order chi connectivity index (χ0) is 12.2. The lowest BCUT2D eigenvalue weighted by atomic mass is 9.62. The van der Waals surface area contributed by atoms with Gasteiger partial charge in [0.05, 0.1) is 13.2 Å². The van der Waals surface area contributed by atoms with Gasteiger partial charge in [-0.3, -0.25) is 9.59 Å². The van der Waals surface area contributed by atoms with Gasteiger partial charge in [0.1, 0.15) is 0 Å². The maximum absolute atomic E-state index is 11.7. The fourth-order valence-corrected chi connectivity index (χ4v) is 2.01. The molecule has 0 aromatic carbocycles. The van der Waals surface area contributed by atoms with Gasteiger partial charge in [0.25, 0.3) is 0 Å². The van der Waals surface area contributed by atoms with E-state index in [1.165, 1.54) is 0 Å². The van der Waals surface area contributed by atoms with Crippen molar-refractivity contribution in [3.8, 4) is 0 Å². The van der Waals surface area contributed by atoms with Crippen molar-refractivity contribution in [1.82, 2.24) is 0 Å². The van der Waals surface area contributed by atoms with E-state index in [-0.39, 0.29) is 25.7 Å². The van der Waals surface area contributed by atoms with Crippen molar-refractivity contribution >= 4 is 11.9 Å². The molecule has 1 aliphatic rings. The summed E-state index contributed by atoms with van der Waals surface area (Å²) in [6, 6.07) is 0. The molecule has 0 bridgehead atoms. The molecular weight excluding hydrogens is 212 g/mol. The number of aliphatic hydroxyl groups is 1. The maximum atomic E-state index is 11.7. The third-order valence-corrected chi connectivity index (χ3v) is 2.86. The fraction of sp³-hybridized carbons (Fsp3) is 0.818. The highest BCUT2D eigenvalue weighted by Crippen LogP contribution is 2.47. The van der Waals surface area contributed by atoms with Crippen LogP contribution in [0.2, 0.25) is 0 Å². The van der Waals surface area contributed by atoms with Crippen molar-refractivity contribution in [1.29, 1.82) is 0 Å². The molecule has 0 atom stereocenters. The van der Waals surface area contributed by atoms with E-state index in [9.17, 15) is 9.59 Å². The van der Waals surface area contributed by atoms with Crippen molar-refractivity contribution in [2.45, 2.75) is 26.7 Å². The van der Waals surface area contributed by atoms with E-state index in [0.717, 1.165) is 0 Å². The maximum Gasteiger partial charge on any atom is 0.323 e. The number of hydrogen-bond donors (Lipinski definition) is 1. The smallest absolute Gasteiger partial charge is 0.323 e. The Bertz CT molecular complexity index is 248. The summed E-state index contributed by atoms with van der Waals surface area (Å²) in [6.45, 7) is 3.85. The molecule has 0 aliphatic heterocycles. The second kappa shape index (κ2) is 5.30. The predicted octanol–water partition coefficient (Wildman–Crippen LogP) is 0.501. The standard InChI is InChI=1S/C11H18O5/c1-3-15-9(13)11(10(14)16-4-2)5-8(6-11)7-12/h8,12H,3-7H2,1-2H3. The molecule has 1 N–H and O–H groups in total. The summed E-state index contributed by atoms with van der Waals surface area (Å²) in [5.74, 6) is -1.06. The summed E-state index contributed by atoms with van der Waals surface area (Å²) < 4.78 is 9.78. The van der Waals surface area contributed by atoms with Crippen LogP contribution in [-0.4, -0.2) is 36.9 Å². The lowest BCUT2D eigenvalue weighted by molar-refractivity contribution is -0.184. The van der Waals surface area contributed by atoms with Gasteiger partial charge in [0.15, 0.2) is 5.41 Å². The van der Waals surface area contributed by atoms with E-state index in [4.69, 9.17) is 14.6 Å². The largest absolute Gasteiger partial charge is 0.465 e. The first kappa shape index (κ1) is 13.0. The number of carbonyl (C=O) groups is 2. The molecule has 0 amide bonds. The van der Waals surface area contributed by atoms with Gasteiger partial charge in [-0.05, 0) is 32.6 Å². The minimum Gasteiger partial charge on any atom is -0.465 e. The molecule has 16 heavy (non-hydrogen) atoms. The van der Waals surface area contributed by atoms with Gasteiger partial charge >= 0.3 is 11.9 Å². The van der Waals surface area contributed by atoms with Crippen LogP contribution in [0.3, 0.4) is 0 Å². The van der Waals surface area contributed by atoms with Crippen LogP contribution in [0.1, 0.15) is 26.7 Å². The molecule has 0 spiro atoms. The summed E-state index contributed by atoms with van der Waals surface area (Å²) in [7, 11) is 0. The van der Waals surface area contributed by atoms with Gasteiger partial charge in [-0.15, -0.1) is 0 Å². The van der Waals surface area contributed by atoms with Gasteiger partial charge in [-0.1, -0.05) is 0 Å². The lowest BCUT2D eigenvalue weighted by Gasteiger charge is -2.42. The van der Waals surface area contributed by atoms with Crippen LogP contribution in [0.4, 0.5) is 0 Å². The Morgan fingerprint density at radius 2 is 1.62 bits per heavy atom. The molecule has 0 heterocycles. The Kier molecular flexibility index (Phi) is 4.29. The summed E-state index contributed by atoms with van der Waals surface area (Å²) in [6.07, 6.45) is 0.641. The molecule has 1 aliphatic carbocycles. The first-order valence-corrected chi connectivity index (χ1v) is 5.56. The molecule has 5 heteroatoms. The molecule has 1 saturated carbocycles. The number of carbonyl (C=O) groups excluding carboxylic acids is 2. The average molecular weight is 230 g/mol. The van der Waals surface area contributed by atoms with E-state index in [1.807, 2.05) is 0 Å². The predicted molar refractivity (Wildman–Crippen MR) is 55.5 cm³/mol. The molecular formula is C11H18O5. The Morgan fingerprint density at radius 1 is 1.19 bits per heavy atom. The topological polar surface area (TPSA) is 72.8 Å². The van der Waals surface area contributed by atoms with Crippen LogP contribution in [0.5, 0.6) is 0 Å². The Hall–Kier alpha value is -1.10. The Balaban J connectivity index is 2.71. The van der Waals surface area contributed by atoms with E-state index in [1.54, 1.807) is 13.8 Å². The molecule has 0 aromatic rings. The number of rotatable bonds is 5. The Morgan fingerprint density at radius 3 is 1.94 bits per heavy atom. The van der Waals surface area contributed by atoms with E-state index >= 15 is 0 Å². The zero-order valence-corrected chi connectivity index (χ0v) is 9.69. The molecule has 0 radical (unpaired) electrons. The highest BCUT2D eigenvalue weighted by molar-refractivity contribution is 6.01. The van der Waals surface area contributed by atoms with Crippen molar-refractivity contribution in [3.63, 3.8) is 0 Å². The summed E-state index contributed by atoms with van der Waals surface area (Å²) in [4.78, 5) is 23.4. The summed E-state index contributed by atoms with van der Waals surface area (Å²) in [5.41, 5.74) is -1.17. The molecule has 92 valence electrons. The van der Waals surface area contributed by atoms with Crippen LogP contribution in [-0.2, 0) is 19.1 Å². The monoisotopic (exact) mass is 230 g/mol. The molecule has 5 nitrogen and oxygen atoms in total. The molecule has 1 fully saturated rings. The third kappa shape index (κ3) is 2.19. The summed E-state index contributed by atoms with van der Waals surface area (Å²) in [5, 5.41) is 8.94. The normalized spacial score (nSPS) is 18.7. The van der Waals surface area contributed by atoms with E-state index in [2.05, 4.69) is 0 Å². The van der Waals surface area contributed by atoms with Gasteiger partial charge in [0.2, 0.25) is 0 Å². The second-order valence-corrected chi connectivity index (χ2v) is 3.98. The van der Waals surface area contributed by atoms with Crippen molar-refractivity contribution in [3.05, 3.63) is 0 Å².